The smallest absolute Gasteiger partial charge is 0.227 e. The minimum Gasteiger partial charge on any atom is -0.395 e. The Morgan fingerprint density at radius 3 is 2.64 bits per heavy atom. The van der Waals surface area contributed by atoms with Crippen LogP contribution in [-0.2, 0) is 16.0 Å². The van der Waals surface area contributed by atoms with Crippen LogP contribution in [0, 0.1) is 0 Å². The number of hydrogen-bond acceptors (Lipinski definition) is 6. The average molecular weight is 307 g/mol. The minimum atomic E-state index is -0.0714. The van der Waals surface area contributed by atoms with Crippen molar-refractivity contribution in [2.24, 2.45) is 0 Å². The van der Waals surface area contributed by atoms with Gasteiger partial charge in [0.05, 0.1) is 31.2 Å². The predicted molar refractivity (Wildman–Crippen MR) is 82.6 cm³/mol. The lowest BCUT2D eigenvalue weighted by molar-refractivity contribution is -0.119. The number of carbonyl (C=O) groups is 1. The van der Waals surface area contributed by atoms with Crippen LogP contribution in [0.3, 0.4) is 0 Å². The summed E-state index contributed by atoms with van der Waals surface area (Å²) in [6.07, 6.45) is 1.07. The van der Waals surface area contributed by atoms with Crippen LogP contribution >= 0.6 is 0 Å². The number of morpholine rings is 1. The van der Waals surface area contributed by atoms with Crippen LogP contribution in [0.5, 0.6) is 0 Å². The van der Waals surface area contributed by atoms with Gasteiger partial charge in [-0.3, -0.25) is 15.5 Å². The number of nitrogens with one attached hydrogen (secondary N) is 1. The van der Waals surface area contributed by atoms with Gasteiger partial charge in [0.1, 0.15) is 0 Å². The highest BCUT2D eigenvalue weighted by Crippen LogP contribution is 2.37. The molecule has 120 valence electrons. The normalized spacial score (nSPS) is 18.4. The molecule has 0 radical (unpaired) electrons. The zero-order chi connectivity index (χ0) is 15.5. The molecule has 7 nitrogen and oxygen atoms in total. The van der Waals surface area contributed by atoms with Gasteiger partial charge in [-0.25, -0.2) is 0 Å². The highest BCUT2D eigenvalue weighted by atomic mass is 16.5. The van der Waals surface area contributed by atoms with Crippen LogP contribution in [0.4, 0.5) is 17.1 Å². The van der Waals surface area contributed by atoms with Crippen molar-refractivity contribution in [1.82, 2.24) is 0 Å². The van der Waals surface area contributed by atoms with E-state index in [1.165, 1.54) is 0 Å². The van der Waals surface area contributed by atoms with Crippen molar-refractivity contribution in [3.63, 3.8) is 0 Å². The van der Waals surface area contributed by atoms with E-state index in [9.17, 15) is 15.1 Å². The first-order chi connectivity index (χ1) is 10.7. The fourth-order valence-corrected chi connectivity index (χ4v) is 3.09. The Morgan fingerprint density at radius 2 is 1.95 bits per heavy atom. The molecule has 1 fully saturated rings. The van der Waals surface area contributed by atoms with E-state index in [-0.39, 0.29) is 12.5 Å². The third kappa shape index (κ3) is 2.75. The Hall–Kier alpha value is -1.83. The van der Waals surface area contributed by atoms with Crippen molar-refractivity contribution in [3.05, 3.63) is 17.7 Å². The lowest BCUT2D eigenvalue weighted by atomic mass is 9.99. The monoisotopic (exact) mass is 307 g/mol. The topological polar surface area (TPSA) is 85.3 Å². The molecule has 0 aromatic heterocycles. The summed E-state index contributed by atoms with van der Waals surface area (Å²) in [5.74, 6) is 0.0270. The third-order valence-corrected chi connectivity index (χ3v) is 4.19. The number of amides is 1. The molecule has 3 N–H and O–H groups in total. The van der Waals surface area contributed by atoms with E-state index in [2.05, 4.69) is 10.4 Å². The lowest BCUT2D eigenvalue weighted by Crippen LogP contribution is -2.39. The van der Waals surface area contributed by atoms with Gasteiger partial charge in [-0.05, 0) is 24.1 Å². The summed E-state index contributed by atoms with van der Waals surface area (Å²) >= 11 is 0. The van der Waals surface area contributed by atoms with Gasteiger partial charge < -0.3 is 19.6 Å². The second-order valence-corrected chi connectivity index (χ2v) is 5.48. The van der Waals surface area contributed by atoms with Crippen LogP contribution in [0.1, 0.15) is 12.0 Å². The fraction of sp³-hybridized carbons (Fsp3) is 0.533. The van der Waals surface area contributed by atoms with Crippen LogP contribution in [0.25, 0.3) is 0 Å². The van der Waals surface area contributed by atoms with E-state index in [4.69, 9.17) is 4.74 Å². The van der Waals surface area contributed by atoms with Crippen molar-refractivity contribution in [2.75, 3.05) is 54.7 Å². The number of aliphatic hydroxyl groups is 1. The largest absolute Gasteiger partial charge is 0.395 e. The SMILES string of the molecule is O=C1CCc2cc(NO)c(N3CCOCC3)cc2N1CCO. The van der Waals surface area contributed by atoms with E-state index in [1.807, 2.05) is 12.1 Å². The van der Waals surface area contributed by atoms with Crippen molar-refractivity contribution >= 4 is 23.0 Å². The molecule has 3 rings (SSSR count). The number of nitrogens with zero attached hydrogens (tertiary/aromatic N) is 2. The Bertz CT molecular complexity index is 558. The first-order valence-electron chi connectivity index (χ1n) is 7.55. The molecule has 2 heterocycles. The Balaban J connectivity index is 2.01. The van der Waals surface area contributed by atoms with E-state index in [1.54, 1.807) is 4.90 Å². The summed E-state index contributed by atoms with van der Waals surface area (Å²) in [6, 6.07) is 3.81. The molecule has 1 aromatic carbocycles. The van der Waals surface area contributed by atoms with Crippen LogP contribution in [0.2, 0.25) is 0 Å². The van der Waals surface area contributed by atoms with E-state index < -0.39 is 0 Å². The van der Waals surface area contributed by atoms with E-state index in [0.717, 1.165) is 30.0 Å². The molecule has 0 unspecified atom stereocenters. The van der Waals surface area contributed by atoms with Gasteiger partial charge >= 0.3 is 0 Å². The highest BCUT2D eigenvalue weighted by molar-refractivity contribution is 5.98. The number of β-amino-alcohol motifs (C(OH)–C–C–N with tert-alkyl or cyclic N) is 1. The van der Waals surface area contributed by atoms with Crippen molar-refractivity contribution < 1.29 is 19.8 Å². The number of fused-ring (bicyclic) bond motifs is 1. The number of carbonyl (C=O) groups excluding carboxylic acids is 1. The second kappa shape index (κ2) is 6.51. The minimum absolute atomic E-state index is 0.0270. The number of anilines is 3. The summed E-state index contributed by atoms with van der Waals surface area (Å²) in [4.78, 5) is 15.9. The van der Waals surface area contributed by atoms with Gasteiger partial charge in [-0.2, -0.15) is 0 Å². The molecule has 0 saturated carbocycles. The van der Waals surface area contributed by atoms with E-state index >= 15 is 0 Å². The zero-order valence-electron chi connectivity index (χ0n) is 12.4. The number of ether oxygens (including phenoxy) is 1. The molecular weight excluding hydrogens is 286 g/mol. The van der Waals surface area contributed by atoms with Gasteiger partial charge in [-0.15, -0.1) is 0 Å². The van der Waals surface area contributed by atoms with Crippen molar-refractivity contribution in [1.29, 1.82) is 0 Å². The molecule has 7 heteroatoms. The molecule has 2 aliphatic heterocycles. The quantitative estimate of drug-likeness (QED) is 0.706. The van der Waals surface area contributed by atoms with Crippen molar-refractivity contribution in [2.45, 2.75) is 12.8 Å². The summed E-state index contributed by atoms with van der Waals surface area (Å²) in [5.41, 5.74) is 5.58. The number of hydrogen-bond donors (Lipinski definition) is 3. The maximum absolute atomic E-state index is 12.1. The number of aliphatic hydroxyl groups excluding tert-OH is 1. The Kier molecular flexibility index (Phi) is 4.47. The van der Waals surface area contributed by atoms with Gasteiger partial charge in [0, 0.05) is 31.7 Å². The third-order valence-electron chi connectivity index (χ3n) is 4.19. The van der Waals surface area contributed by atoms with Gasteiger partial charge in [0.25, 0.3) is 0 Å². The molecule has 0 aliphatic carbocycles. The Labute approximate surface area is 129 Å². The number of aryl methyl sites for hydroxylation is 1. The maximum atomic E-state index is 12.1. The molecule has 22 heavy (non-hydrogen) atoms. The molecule has 0 bridgehead atoms. The average Bonchev–Trinajstić information content (AvgIpc) is 2.57. The van der Waals surface area contributed by atoms with Crippen LogP contribution in [0.15, 0.2) is 12.1 Å². The predicted octanol–water partition coefficient (Wildman–Crippen LogP) is 0.596. The molecule has 0 atom stereocenters. The fourth-order valence-electron chi connectivity index (χ4n) is 3.09. The highest BCUT2D eigenvalue weighted by Gasteiger charge is 2.26. The molecule has 0 spiro atoms. The van der Waals surface area contributed by atoms with Gasteiger partial charge in [0.15, 0.2) is 0 Å². The summed E-state index contributed by atoms with van der Waals surface area (Å²) in [6.45, 7) is 2.98. The van der Waals surface area contributed by atoms with Gasteiger partial charge in [-0.1, -0.05) is 0 Å². The Morgan fingerprint density at radius 1 is 1.18 bits per heavy atom. The van der Waals surface area contributed by atoms with Crippen LogP contribution < -0.4 is 15.3 Å². The first-order valence-corrected chi connectivity index (χ1v) is 7.55. The molecule has 1 aromatic rings. The number of benzene rings is 1. The molecule has 1 amide bonds. The number of rotatable bonds is 4. The summed E-state index contributed by atoms with van der Waals surface area (Å²) in [7, 11) is 0. The van der Waals surface area contributed by atoms with E-state index in [0.29, 0.717) is 38.3 Å². The lowest BCUT2D eigenvalue weighted by Gasteiger charge is -2.34. The standard InChI is InChI=1S/C15H21N3O4/c19-6-3-18-13-10-14(17-4-7-22-8-5-17)12(16-21)9-11(13)1-2-15(18)20/h9-10,16,19,21H,1-8H2. The molecular formula is C15H21N3O4. The summed E-state index contributed by atoms with van der Waals surface area (Å²) in [5, 5.41) is 18.7. The van der Waals surface area contributed by atoms with Crippen molar-refractivity contribution in [3.8, 4) is 0 Å². The zero-order valence-corrected chi connectivity index (χ0v) is 12.4. The second-order valence-electron chi connectivity index (χ2n) is 5.48. The maximum Gasteiger partial charge on any atom is 0.227 e. The first kappa shape index (κ1) is 15.1. The summed E-state index contributed by atoms with van der Waals surface area (Å²) < 4.78 is 5.36. The molecule has 2 aliphatic rings. The van der Waals surface area contributed by atoms with Gasteiger partial charge in [0.2, 0.25) is 5.91 Å². The van der Waals surface area contributed by atoms with Crippen LogP contribution in [-0.4, -0.2) is 55.7 Å². The molecule has 1 saturated heterocycles.